The van der Waals surface area contributed by atoms with E-state index in [9.17, 15) is 33.9 Å². The number of aldehydes is 1. The monoisotopic (exact) mass is 644 g/mol. The molecule has 0 bridgehead atoms. The molecule has 2 saturated heterocycles. The lowest BCUT2D eigenvalue weighted by Crippen LogP contribution is -2.57. The number of likely N-dealkylation sites (N-methyl/N-ethyl adjacent to an activating group) is 1. The molecule has 2 saturated carbocycles. The molecule has 3 unspecified atom stereocenters. The molecule has 4 aliphatic rings. The molecule has 2 aliphatic heterocycles. The number of nitrogens with one attached hydrogen (secondary N) is 3. The molecule has 4 amide bonds. The highest BCUT2D eigenvalue weighted by Crippen LogP contribution is 2.45. The Morgan fingerprint density at radius 3 is 2.46 bits per heavy atom. The van der Waals surface area contributed by atoms with E-state index in [1.165, 1.54) is 4.90 Å². The molecule has 0 radical (unpaired) electrons. The number of unbranched alkanes of at least 4 members (excludes halogenated alkanes) is 3. The summed E-state index contributed by atoms with van der Waals surface area (Å²) in [5.41, 5.74) is -1.34. The number of hydrogen-bond donors (Lipinski definition) is 4. The van der Waals surface area contributed by atoms with E-state index in [4.69, 9.17) is 0 Å². The fraction of sp³-hybridized carbons (Fsp3) is 0.758. The highest BCUT2D eigenvalue weighted by Gasteiger charge is 2.61. The zero-order chi connectivity index (χ0) is 33.3. The van der Waals surface area contributed by atoms with Gasteiger partial charge >= 0.3 is 12.0 Å². The van der Waals surface area contributed by atoms with Crippen LogP contribution in [0.3, 0.4) is 0 Å². The van der Waals surface area contributed by atoms with Crippen LogP contribution < -0.4 is 16.0 Å². The van der Waals surface area contributed by atoms with Crippen LogP contribution in [0.1, 0.15) is 77.6 Å². The van der Waals surface area contributed by atoms with Crippen molar-refractivity contribution in [2.45, 2.75) is 101 Å². The van der Waals surface area contributed by atoms with E-state index in [0.29, 0.717) is 51.7 Å². The van der Waals surface area contributed by atoms with Crippen molar-refractivity contribution in [3.05, 3.63) is 12.2 Å². The summed E-state index contributed by atoms with van der Waals surface area (Å²) in [6, 6.07) is -2.12. The number of urea groups is 1. The van der Waals surface area contributed by atoms with Gasteiger partial charge in [-0.15, -0.1) is 0 Å². The van der Waals surface area contributed by atoms with Crippen LogP contribution in [-0.4, -0.2) is 126 Å². The van der Waals surface area contributed by atoms with Gasteiger partial charge in [-0.2, -0.15) is 0 Å². The van der Waals surface area contributed by atoms with Gasteiger partial charge in [-0.05, 0) is 70.9 Å². The van der Waals surface area contributed by atoms with Crippen LogP contribution in [0.15, 0.2) is 12.2 Å². The van der Waals surface area contributed by atoms with Gasteiger partial charge in [0.2, 0.25) is 17.6 Å². The van der Waals surface area contributed by atoms with Crippen LogP contribution >= 0.6 is 0 Å². The largest absolute Gasteiger partial charge is 0.479 e. The second-order valence-electron chi connectivity index (χ2n) is 13.5. The van der Waals surface area contributed by atoms with Gasteiger partial charge in [-0.3, -0.25) is 24.1 Å². The molecule has 4 rings (SSSR count). The number of amides is 4. The molecular weight excluding hydrogens is 592 g/mol. The average Bonchev–Trinajstić information content (AvgIpc) is 3.53. The SMILES string of the molecule is CCCCC/C=C\C1C[C@]1(NC(=O)C1CCCN1C(=O)CNC(=O)NC(CN1CCCN(C)C[C@@H]1C(=O)C=O)C1CCC1)C(=O)O. The maximum absolute atomic E-state index is 13.3. The van der Waals surface area contributed by atoms with Crippen LogP contribution in [0.5, 0.6) is 0 Å². The van der Waals surface area contributed by atoms with Crippen molar-refractivity contribution in [3.8, 4) is 0 Å². The lowest BCUT2D eigenvalue weighted by Gasteiger charge is -2.39. The van der Waals surface area contributed by atoms with Gasteiger partial charge in [0.05, 0.1) is 12.6 Å². The van der Waals surface area contributed by atoms with Gasteiger partial charge < -0.3 is 30.9 Å². The number of rotatable bonds is 16. The quantitative estimate of drug-likeness (QED) is 0.0838. The van der Waals surface area contributed by atoms with E-state index in [0.717, 1.165) is 57.9 Å². The summed E-state index contributed by atoms with van der Waals surface area (Å²) in [6.45, 7) is 4.49. The smallest absolute Gasteiger partial charge is 0.330 e. The Morgan fingerprint density at radius 2 is 1.78 bits per heavy atom. The Kier molecular flexibility index (Phi) is 12.7. The Labute approximate surface area is 271 Å². The lowest BCUT2D eigenvalue weighted by atomic mass is 9.79. The second kappa shape index (κ2) is 16.5. The van der Waals surface area contributed by atoms with Crippen LogP contribution in [0, 0.1) is 11.8 Å². The van der Waals surface area contributed by atoms with Gasteiger partial charge in [0.1, 0.15) is 11.6 Å². The fourth-order valence-electron chi connectivity index (χ4n) is 7.03. The topological polar surface area (TPSA) is 168 Å². The highest BCUT2D eigenvalue weighted by atomic mass is 16.4. The van der Waals surface area contributed by atoms with E-state index in [1.807, 2.05) is 29.0 Å². The number of carbonyl (C=O) groups is 6. The van der Waals surface area contributed by atoms with Crippen molar-refractivity contribution >= 4 is 35.9 Å². The fourth-order valence-corrected chi connectivity index (χ4v) is 7.03. The van der Waals surface area contributed by atoms with Crippen molar-refractivity contribution in [2.24, 2.45) is 11.8 Å². The lowest BCUT2D eigenvalue weighted by molar-refractivity contribution is -0.145. The molecule has 13 nitrogen and oxygen atoms in total. The zero-order valence-electron chi connectivity index (χ0n) is 27.4. The Bertz CT molecular complexity index is 1160. The Morgan fingerprint density at radius 1 is 1.00 bits per heavy atom. The molecule has 46 heavy (non-hydrogen) atoms. The second-order valence-corrected chi connectivity index (χ2v) is 13.5. The summed E-state index contributed by atoms with van der Waals surface area (Å²) in [6.07, 6.45) is 13.5. The molecule has 0 aromatic heterocycles. The van der Waals surface area contributed by atoms with Crippen LogP contribution in [-0.2, 0) is 24.0 Å². The van der Waals surface area contributed by atoms with Crippen molar-refractivity contribution in [2.75, 3.05) is 46.3 Å². The molecule has 4 N–H and O–H groups in total. The third-order valence-corrected chi connectivity index (χ3v) is 10.2. The normalized spacial score (nSPS) is 27.8. The minimum Gasteiger partial charge on any atom is -0.479 e. The molecule has 13 heteroatoms. The predicted octanol–water partition coefficient (Wildman–Crippen LogP) is 1.32. The molecule has 2 heterocycles. The molecule has 0 spiro atoms. The number of carboxylic acids is 1. The van der Waals surface area contributed by atoms with Crippen molar-refractivity contribution in [1.82, 2.24) is 30.7 Å². The van der Waals surface area contributed by atoms with Crippen molar-refractivity contribution < 1.29 is 33.9 Å². The molecule has 0 aromatic rings. The maximum atomic E-state index is 13.3. The number of carbonyl (C=O) groups excluding carboxylic acids is 5. The molecule has 5 atom stereocenters. The summed E-state index contributed by atoms with van der Waals surface area (Å²) in [5, 5.41) is 18.3. The number of Topliss-reactive ketones (excluding diaryl/α,β-unsaturated/α-hetero) is 1. The summed E-state index contributed by atoms with van der Waals surface area (Å²) >= 11 is 0. The minimum absolute atomic E-state index is 0.236. The highest BCUT2D eigenvalue weighted by molar-refractivity contribution is 6.27. The first kappa shape index (κ1) is 35.5. The first-order valence-electron chi connectivity index (χ1n) is 17.1. The van der Waals surface area contributed by atoms with E-state index >= 15 is 0 Å². The van der Waals surface area contributed by atoms with Gasteiger partial charge in [-0.25, -0.2) is 9.59 Å². The number of ketones is 1. The number of likely N-dealkylation sites (tertiary alicyclic amines) is 1. The summed E-state index contributed by atoms with van der Waals surface area (Å²) < 4.78 is 0. The van der Waals surface area contributed by atoms with E-state index in [-0.39, 0.29) is 24.4 Å². The summed E-state index contributed by atoms with van der Waals surface area (Å²) in [7, 11) is 1.93. The number of allylic oxidation sites excluding steroid dienone is 1. The summed E-state index contributed by atoms with van der Waals surface area (Å²) in [4.78, 5) is 80.9. The Hall–Kier alpha value is -3.32. The van der Waals surface area contributed by atoms with E-state index < -0.39 is 47.2 Å². The third-order valence-electron chi connectivity index (χ3n) is 10.2. The van der Waals surface area contributed by atoms with E-state index in [2.05, 4.69) is 22.9 Å². The van der Waals surface area contributed by atoms with Gasteiger partial charge in [0.25, 0.3) is 0 Å². The number of nitrogens with zero attached hydrogens (tertiary/aromatic N) is 3. The molecule has 0 aromatic carbocycles. The minimum atomic E-state index is -1.34. The van der Waals surface area contributed by atoms with Crippen LogP contribution in [0.25, 0.3) is 0 Å². The first-order chi connectivity index (χ1) is 22.1. The van der Waals surface area contributed by atoms with Crippen molar-refractivity contribution in [3.63, 3.8) is 0 Å². The number of aliphatic carboxylic acids is 1. The third kappa shape index (κ3) is 8.93. The first-order valence-corrected chi connectivity index (χ1v) is 17.1. The molecule has 2 aliphatic carbocycles. The number of hydrogen-bond acceptors (Lipinski definition) is 8. The van der Waals surface area contributed by atoms with Gasteiger partial charge in [0, 0.05) is 38.1 Å². The van der Waals surface area contributed by atoms with Crippen LogP contribution in [0.4, 0.5) is 4.79 Å². The standard InChI is InChI=1S/C33H52N6O7/c1-3-4-5-6-7-13-24-18-33(24,31(44)45)36-30(43)26-14-9-17-39(26)29(42)19-34-32(46)35-25(23-11-8-12-23)20-38-16-10-15-37(2)21-27(38)28(41)22-40/h7,13,22-27H,3-6,8-12,14-21H2,1-2H3,(H,36,43)(H,44,45)(H2,34,35,46)/b13-7-/t24?,25?,26?,27-,33-/m1/s1. The summed E-state index contributed by atoms with van der Waals surface area (Å²) in [5.74, 6) is -2.48. The molecule has 256 valence electrons. The van der Waals surface area contributed by atoms with Gasteiger partial charge in [0.15, 0.2) is 6.29 Å². The number of carboxylic acid groups (broad SMARTS) is 1. The van der Waals surface area contributed by atoms with Crippen molar-refractivity contribution in [1.29, 1.82) is 0 Å². The van der Waals surface area contributed by atoms with Crippen LogP contribution in [0.2, 0.25) is 0 Å². The Balaban J connectivity index is 1.29. The van der Waals surface area contributed by atoms with E-state index in [1.54, 1.807) is 0 Å². The molecule has 4 fully saturated rings. The zero-order valence-corrected chi connectivity index (χ0v) is 27.4. The predicted molar refractivity (Wildman–Crippen MR) is 171 cm³/mol. The maximum Gasteiger partial charge on any atom is 0.330 e. The average molecular weight is 645 g/mol. The van der Waals surface area contributed by atoms with Gasteiger partial charge in [-0.1, -0.05) is 38.3 Å². The molecular formula is C33H52N6O7.